The Morgan fingerprint density at radius 1 is 0.970 bits per heavy atom. The summed E-state index contributed by atoms with van der Waals surface area (Å²) in [7, 11) is 3.24. The molecule has 2 aromatic carbocycles. The van der Waals surface area contributed by atoms with Crippen LogP contribution >= 0.6 is 11.3 Å². The zero-order valence-electron chi connectivity index (χ0n) is 18.4. The van der Waals surface area contributed by atoms with Gasteiger partial charge in [0.1, 0.15) is 12.4 Å². The lowest BCUT2D eigenvalue weighted by atomic mass is 10.1. The van der Waals surface area contributed by atoms with Crippen molar-refractivity contribution in [3.8, 4) is 27.7 Å². The van der Waals surface area contributed by atoms with Gasteiger partial charge in [-0.15, -0.1) is 11.3 Å². The predicted octanol–water partition coefficient (Wildman–Crippen LogP) is 6.30. The number of aromatic nitrogens is 1. The summed E-state index contributed by atoms with van der Waals surface area (Å²) in [6.07, 6.45) is 6.88. The molecular formula is C27H23NO4S. The standard InChI is InChI=1S/C27H23NO4S/c1-30-22-9-5-20(6-10-22)18-32-24-12-8-19(16-25(24)31-2)7-11-23(29)27-14-13-26(33-27)21-4-3-15-28-17-21/h3-17H,18H2,1-2H3/b11-7+. The number of benzene rings is 2. The number of hydrogen-bond donors (Lipinski definition) is 0. The van der Waals surface area contributed by atoms with E-state index in [-0.39, 0.29) is 5.78 Å². The first-order valence-electron chi connectivity index (χ1n) is 10.3. The minimum atomic E-state index is -0.0473. The highest BCUT2D eigenvalue weighted by molar-refractivity contribution is 7.17. The van der Waals surface area contributed by atoms with Crippen LogP contribution in [0.1, 0.15) is 20.8 Å². The number of hydrogen-bond acceptors (Lipinski definition) is 6. The fraction of sp³-hybridized carbons (Fsp3) is 0.111. The summed E-state index contributed by atoms with van der Waals surface area (Å²) in [5, 5.41) is 0. The van der Waals surface area contributed by atoms with Gasteiger partial charge in [-0.25, -0.2) is 0 Å². The maximum Gasteiger partial charge on any atom is 0.195 e. The fourth-order valence-corrected chi connectivity index (χ4v) is 4.09. The van der Waals surface area contributed by atoms with Gasteiger partial charge in [0, 0.05) is 22.8 Å². The van der Waals surface area contributed by atoms with Crippen LogP contribution in [-0.4, -0.2) is 25.0 Å². The zero-order valence-corrected chi connectivity index (χ0v) is 19.2. The number of ether oxygens (including phenoxy) is 3. The summed E-state index contributed by atoms with van der Waals surface area (Å²) in [6.45, 7) is 0.408. The third kappa shape index (κ3) is 5.67. The molecule has 5 nitrogen and oxygen atoms in total. The molecule has 4 aromatic rings. The molecule has 2 heterocycles. The van der Waals surface area contributed by atoms with E-state index in [2.05, 4.69) is 4.98 Å². The zero-order chi connectivity index (χ0) is 23.0. The van der Waals surface area contributed by atoms with E-state index in [1.807, 2.05) is 66.7 Å². The lowest BCUT2D eigenvalue weighted by Crippen LogP contribution is -1.98. The van der Waals surface area contributed by atoms with E-state index in [9.17, 15) is 4.79 Å². The highest BCUT2D eigenvalue weighted by atomic mass is 32.1. The minimum absolute atomic E-state index is 0.0473. The summed E-state index contributed by atoms with van der Waals surface area (Å²) in [6, 6.07) is 20.9. The summed E-state index contributed by atoms with van der Waals surface area (Å²) in [4.78, 5) is 18.5. The molecule has 0 saturated carbocycles. The Morgan fingerprint density at radius 2 is 1.82 bits per heavy atom. The molecule has 0 aliphatic carbocycles. The van der Waals surface area contributed by atoms with Crippen LogP contribution in [0.3, 0.4) is 0 Å². The summed E-state index contributed by atoms with van der Waals surface area (Å²) >= 11 is 1.45. The van der Waals surface area contributed by atoms with E-state index >= 15 is 0 Å². The molecule has 0 spiro atoms. The van der Waals surface area contributed by atoms with E-state index in [0.717, 1.165) is 27.3 Å². The second-order valence-corrected chi connectivity index (χ2v) is 8.23. The topological polar surface area (TPSA) is 57.7 Å². The number of pyridine rings is 1. The number of nitrogens with zero attached hydrogens (tertiary/aromatic N) is 1. The van der Waals surface area contributed by atoms with Gasteiger partial charge in [-0.2, -0.15) is 0 Å². The van der Waals surface area contributed by atoms with Crippen molar-refractivity contribution in [1.82, 2.24) is 4.98 Å². The molecule has 0 aliphatic rings. The molecule has 6 heteroatoms. The largest absolute Gasteiger partial charge is 0.497 e. The number of allylic oxidation sites excluding steroid dienone is 1. The Morgan fingerprint density at radius 3 is 2.55 bits per heavy atom. The molecule has 0 amide bonds. The molecule has 0 bridgehead atoms. The van der Waals surface area contributed by atoms with E-state index in [4.69, 9.17) is 14.2 Å². The van der Waals surface area contributed by atoms with Gasteiger partial charge in [0.2, 0.25) is 0 Å². The van der Waals surface area contributed by atoms with Crippen molar-refractivity contribution in [1.29, 1.82) is 0 Å². The van der Waals surface area contributed by atoms with E-state index in [0.29, 0.717) is 23.0 Å². The maximum absolute atomic E-state index is 12.6. The van der Waals surface area contributed by atoms with Crippen LogP contribution in [0.2, 0.25) is 0 Å². The Hall–Kier alpha value is -3.90. The Balaban J connectivity index is 1.41. The number of rotatable bonds is 9. The van der Waals surface area contributed by atoms with Gasteiger partial charge in [0.25, 0.3) is 0 Å². The van der Waals surface area contributed by atoms with Crippen LogP contribution in [-0.2, 0) is 6.61 Å². The average Bonchev–Trinajstić information content (AvgIpc) is 3.37. The SMILES string of the molecule is COc1ccc(COc2ccc(/C=C/C(=O)c3ccc(-c4cccnc4)s3)cc2OC)cc1. The summed E-state index contributed by atoms with van der Waals surface area (Å²) < 4.78 is 16.6. The van der Waals surface area contributed by atoms with Gasteiger partial charge >= 0.3 is 0 Å². The first-order chi connectivity index (χ1) is 16.2. The van der Waals surface area contributed by atoms with Crippen LogP contribution in [0.5, 0.6) is 17.2 Å². The van der Waals surface area contributed by atoms with Crippen molar-refractivity contribution in [2.24, 2.45) is 0 Å². The third-order valence-corrected chi connectivity index (χ3v) is 6.11. The van der Waals surface area contributed by atoms with Crippen molar-refractivity contribution < 1.29 is 19.0 Å². The molecule has 4 rings (SSSR count). The molecule has 166 valence electrons. The van der Waals surface area contributed by atoms with Crippen LogP contribution in [0.25, 0.3) is 16.5 Å². The molecule has 33 heavy (non-hydrogen) atoms. The molecule has 0 atom stereocenters. The molecule has 0 fully saturated rings. The lowest BCUT2D eigenvalue weighted by Gasteiger charge is -2.11. The van der Waals surface area contributed by atoms with Crippen molar-refractivity contribution in [2.75, 3.05) is 14.2 Å². The first kappa shape index (κ1) is 22.3. The number of carbonyl (C=O) groups excluding carboxylic acids is 1. The number of thiophene rings is 1. The van der Waals surface area contributed by atoms with Gasteiger partial charge in [0.05, 0.1) is 19.1 Å². The number of methoxy groups -OCH3 is 2. The van der Waals surface area contributed by atoms with Crippen molar-refractivity contribution in [3.05, 3.63) is 101 Å². The van der Waals surface area contributed by atoms with Gasteiger partial charge in [-0.05, 0) is 59.7 Å². The molecule has 0 N–H and O–H groups in total. The van der Waals surface area contributed by atoms with Crippen LogP contribution in [0.4, 0.5) is 0 Å². The minimum Gasteiger partial charge on any atom is -0.497 e. The molecular weight excluding hydrogens is 434 g/mol. The van der Waals surface area contributed by atoms with Crippen molar-refractivity contribution in [2.45, 2.75) is 6.61 Å². The quantitative estimate of drug-likeness (QED) is 0.218. The van der Waals surface area contributed by atoms with Crippen LogP contribution in [0, 0.1) is 0 Å². The predicted molar refractivity (Wildman–Crippen MR) is 131 cm³/mol. The number of ketones is 1. The summed E-state index contributed by atoms with van der Waals surface area (Å²) in [5.74, 6) is 2.00. The molecule has 0 aliphatic heterocycles. The molecule has 0 unspecified atom stereocenters. The van der Waals surface area contributed by atoms with Gasteiger partial charge in [-0.1, -0.05) is 30.3 Å². The Kier molecular flexibility index (Phi) is 7.17. The molecule has 0 radical (unpaired) electrons. The first-order valence-corrected chi connectivity index (χ1v) is 11.1. The molecule has 2 aromatic heterocycles. The smallest absolute Gasteiger partial charge is 0.195 e. The van der Waals surface area contributed by atoms with Gasteiger partial charge < -0.3 is 14.2 Å². The average molecular weight is 458 g/mol. The maximum atomic E-state index is 12.6. The fourth-order valence-electron chi connectivity index (χ4n) is 3.18. The normalized spacial score (nSPS) is 10.8. The third-order valence-electron chi connectivity index (χ3n) is 4.96. The van der Waals surface area contributed by atoms with Crippen LogP contribution in [0.15, 0.2) is 85.2 Å². The van der Waals surface area contributed by atoms with E-state index in [1.54, 1.807) is 38.8 Å². The van der Waals surface area contributed by atoms with Gasteiger partial charge in [-0.3, -0.25) is 9.78 Å². The van der Waals surface area contributed by atoms with Crippen molar-refractivity contribution >= 4 is 23.2 Å². The Labute approximate surface area is 196 Å². The number of carbonyl (C=O) groups is 1. The van der Waals surface area contributed by atoms with E-state index in [1.165, 1.54) is 11.3 Å². The summed E-state index contributed by atoms with van der Waals surface area (Å²) in [5.41, 5.74) is 2.87. The second-order valence-electron chi connectivity index (χ2n) is 7.15. The van der Waals surface area contributed by atoms with Gasteiger partial charge in [0.15, 0.2) is 17.3 Å². The van der Waals surface area contributed by atoms with Crippen LogP contribution < -0.4 is 14.2 Å². The molecule has 0 saturated heterocycles. The highest BCUT2D eigenvalue weighted by Crippen LogP contribution is 2.30. The lowest BCUT2D eigenvalue weighted by molar-refractivity contribution is 0.105. The van der Waals surface area contributed by atoms with E-state index < -0.39 is 0 Å². The highest BCUT2D eigenvalue weighted by Gasteiger charge is 2.09. The van der Waals surface area contributed by atoms with Crippen molar-refractivity contribution in [3.63, 3.8) is 0 Å². The Bertz CT molecular complexity index is 1250. The second kappa shape index (κ2) is 10.6. The monoisotopic (exact) mass is 457 g/mol.